The van der Waals surface area contributed by atoms with Crippen molar-refractivity contribution in [3.05, 3.63) is 94.6 Å². The first kappa shape index (κ1) is 28.3. The van der Waals surface area contributed by atoms with Crippen molar-refractivity contribution >= 4 is 17.4 Å². The average molecular weight is 556 g/mol. The number of benzene rings is 3. The van der Waals surface area contributed by atoms with Crippen LogP contribution >= 0.6 is 0 Å². The second-order valence-corrected chi connectivity index (χ2v) is 11.1. The molecule has 0 aromatic heterocycles. The lowest BCUT2D eigenvalue weighted by Gasteiger charge is -2.26. The van der Waals surface area contributed by atoms with Crippen LogP contribution in [0.25, 0.3) is 5.76 Å². The molecule has 1 saturated heterocycles. The van der Waals surface area contributed by atoms with Gasteiger partial charge in [-0.3, -0.25) is 9.59 Å². The molecular formula is C34H37NO6. The van der Waals surface area contributed by atoms with Crippen LogP contribution in [0, 0.1) is 5.92 Å². The summed E-state index contributed by atoms with van der Waals surface area (Å²) in [5.41, 5.74) is 3.21. The van der Waals surface area contributed by atoms with Gasteiger partial charge >= 0.3 is 0 Å². The highest BCUT2D eigenvalue weighted by Gasteiger charge is 2.46. The van der Waals surface area contributed by atoms with E-state index in [9.17, 15) is 14.7 Å². The molecule has 0 aliphatic carbocycles. The Labute approximate surface area is 241 Å². The van der Waals surface area contributed by atoms with Crippen molar-refractivity contribution in [3.63, 3.8) is 0 Å². The highest BCUT2D eigenvalue weighted by molar-refractivity contribution is 6.46. The fraction of sp³-hybridized carbons (Fsp3) is 0.353. The van der Waals surface area contributed by atoms with Crippen molar-refractivity contribution < 1.29 is 28.9 Å². The Balaban J connectivity index is 1.55. The molecule has 0 saturated carbocycles. The molecule has 7 heteroatoms. The summed E-state index contributed by atoms with van der Waals surface area (Å²) in [5.74, 6) is 0.817. The zero-order chi connectivity index (χ0) is 29.1. The summed E-state index contributed by atoms with van der Waals surface area (Å²) in [4.78, 5) is 28.6. The first-order valence-corrected chi connectivity index (χ1v) is 14.2. The number of fused-ring (bicyclic) bond motifs is 1. The van der Waals surface area contributed by atoms with Crippen molar-refractivity contribution in [2.24, 2.45) is 5.92 Å². The summed E-state index contributed by atoms with van der Waals surface area (Å²) in [5, 5.41) is 11.6. The molecule has 3 aromatic rings. The van der Waals surface area contributed by atoms with Crippen LogP contribution < -0.4 is 14.2 Å². The Kier molecular flexibility index (Phi) is 8.34. The number of amides is 1. The van der Waals surface area contributed by atoms with Crippen molar-refractivity contribution in [1.82, 2.24) is 4.90 Å². The number of ether oxygens (including phenoxy) is 3. The maximum atomic E-state index is 13.5. The number of rotatable bonds is 10. The van der Waals surface area contributed by atoms with Crippen LogP contribution in [0.4, 0.5) is 0 Å². The summed E-state index contributed by atoms with van der Waals surface area (Å²) >= 11 is 0. The summed E-state index contributed by atoms with van der Waals surface area (Å²) in [6, 6.07) is 19.8. The van der Waals surface area contributed by atoms with Crippen molar-refractivity contribution in [2.75, 3.05) is 20.3 Å². The maximum absolute atomic E-state index is 13.5. The maximum Gasteiger partial charge on any atom is 0.295 e. The Morgan fingerprint density at radius 3 is 2.56 bits per heavy atom. The zero-order valence-electron chi connectivity index (χ0n) is 24.1. The SMILES string of the molecule is COc1cc([C@@H]2C(=C(O)c3ccc4c(c3)C[C@H](C)O4)C(=O)C(=O)N2CCc2ccccc2)ccc1OCCC(C)C. The lowest BCUT2D eigenvalue weighted by molar-refractivity contribution is -0.139. The smallest absolute Gasteiger partial charge is 0.295 e. The number of likely N-dealkylation sites (tertiary alicyclic amines) is 1. The molecule has 2 atom stereocenters. The lowest BCUT2D eigenvalue weighted by atomic mass is 9.94. The van der Waals surface area contributed by atoms with E-state index in [1.165, 1.54) is 0 Å². The molecule has 1 amide bonds. The van der Waals surface area contributed by atoms with E-state index in [1.807, 2.05) is 49.4 Å². The molecule has 3 aromatic carbocycles. The fourth-order valence-corrected chi connectivity index (χ4v) is 5.45. The molecule has 41 heavy (non-hydrogen) atoms. The Bertz CT molecular complexity index is 1460. The molecule has 1 fully saturated rings. The molecule has 0 unspecified atom stereocenters. The molecule has 2 aliphatic rings. The van der Waals surface area contributed by atoms with Gasteiger partial charge < -0.3 is 24.2 Å². The van der Waals surface area contributed by atoms with Gasteiger partial charge in [0.25, 0.3) is 11.7 Å². The summed E-state index contributed by atoms with van der Waals surface area (Å²) in [6.45, 7) is 7.11. The summed E-state index contributed by atoms with van der Waals surface area (Å²) < 4.78 is 17.4. The Morgan fingerprint density at radius 1 is 1.05 bits per heavy atom. The molecule has 0 radical (unpaired) electrons. The van der Waals surface area contributed by atoms with Crippen molar-refractivity contribution in [3.8, 4) is 17.2 Å². The molecule has 2 aliphatic heterocycles. The van der Waals surface area contributed by atoms with E-state index in [1.54, 1.807) is 36.3 Å². The van der Waals surface area contributed by atoms with Gasteiger partial charge in [-0.15, -0.1) is 0 Å². The minimum absolute atomic E-state index is 0.0414. The van der Waals surface area contributed by atoms with Gasteiger partial charge in [0, 0.05) is 18.5 Å². The van der Waals surface area contributed by atoms with Crippen molar-refractivity contribution in [2.45, 2.75) is 52.2 Å². The van der Waals surface area contributed by atoms with E-state index in [-0.39, 0.29) is 17.4 Å². The lowest BCUT2D eigenvalue weighted by Crippen LogP contribution is -2.31. The van der Waals surface area contributed by atoms with Gasteiger partial charge in [0.05, 0.1) is 25.3 Å². The summed E-state index contributed by atoms with van der Waals surface area (Å²) in [7, 11) is 1.56. The number of ketones is 1. The predicted octanol–water partition coefficient (Wildman–Crippen LogP) is 6.11. The number of carbonyl (C=O) groups is 2. The Hall–Kier alpha value is -4.26. The topological polar surface area (TPSA) is 85.3 Å². The van der Waals surface area contributed by atoms with E-state index >= 15 is 0 Å². The van der Waals surface area contributed by atoms with E-state index < -0.39 is 17.7 Å². The van der Waals surface area contributed by atoms with E-state index in [0.717, 1.165) is 23.3 Å². The normalized spacial score (nSPS) is 19.4. The second-order valence-electron chi connectivity index (χ2n) is 11.1. The van der Waals surface area contributed by atoms with Gasteiger partial charge in [0.1, 0.15) is 17.6 Å². The van der Waals surface area contributed by atoms with Gasteiger partial charge in [0.15, 0.2) is 11.5 Å². The molecule has 1 N–H and O–H groups in total. The third-order valence-electron chi connectivity index (χ3n) is 7.65. The summed E-state index contributed by atoms with van der Waals surface area (Å²) in [6.07, 6.45) is 2.21. The number of methoxy groups -OCH3 is 1. The van der Waals surface area contributed by atoms with E-state index in [2.05, 4.69) is 13.8 Å². The quantitative estimate of drug-likeness (QED) is 0.185. The predicted molar refractivity (Wildman–Crippen MR) is 157 cm³/mol. The largest absolute Gasteiger partial charge is 0.507 e. The van der Waals surface area contributed by atoms with Gasteiger partial charge in [-0.1, -0.05) is 50.2 Å². The van der Waals surface area contributed by atoms with Crippen LogP contribution in [0.15, 0.2) is 72.3 Å². The highest BCUT2D eigenvalue weighted by Crippen LogP contribution is 2.43. The number of hydrogen-bond acceptors (Lipinski definition) is 6. The number of aliphatic hydroxyl groups is 1. The number of hydrogen-bond donors (Lipinski definition) is 1. The van der Waals surface area contributed by atoms with Gasteiger partial charge in [0.2, 0.25) is 0 Å². The molecule has 0 bridgehead atoms. The number of Topliss-reactive ketones (excluding diaryl/α,β-unsaturated/α-hetero) is 1. The minimum atomic E-state index is -0.791. The zero-order valence-corrected chi connectivity index (χ0v) is 24.1. The molecule has 7 nitrogen and oxygen atoms in total. The minimum Gasteiger partial charge on any atom is -0.507 e. The highest BCUT2D eigenvalue weighted by atomic mass is 16.5. The molecule has 5 rings (SSSR count). The first-order valence-electron chi connectivity index (χ1n) is 14.2. The van der Waals surface area contributed by atoms with Gasteiger partial charge in [-0.2, -0.15) is 0 Å². The third kappa shape index (κ3) is 5.94. The van der Waals surface area contributed by atoms with E-state index in [0.29, 0.717) is 54.5 Å². The molecular weight excluding hydrogens is 518 g/mol. The van der Waals surface area contributed by atoms with Crippen LogP contribution in [0.5, 0.6) is 17.2 Å². The number of aliphatic hydroxyl groups excluding tert-OH is 1. The molecule has 2 heterocycles. The van der Waals surface area contributed by atoms with Gasteiger partial charge in [-0.05, 0) is 72.7 Å². The molecule has 214 valence electrons. The number of nitrogens with zero attached hydrogens (tertiary/aromatic N) is 1. The first-order chi connectivity index (χ1) is 19.8. The third-order valence-corrected chi connectivity index (χ3v) is 7.65. The number of carbonyl (C=O) groups excluding carboxylic acids is 2. The average Bonchev–Trinajstić information content (AvgIpc) is 3.46. The van der Waals surface area contributed by atoms with Crippen LogP contribution in [0.2, 0.25) is 0 Å². The standard InChI is InChI=1S/C34H37NO6/c1-21(2)15-17-40-28-13-10-24(20-29(28)39-4)31-30(32(36)25-11-12-27-26(19-25)18-22(3)41-27)33(37)34(38)35(31)16-14-23-8-6-5-7-9-23/h5-13,19-22,31,36H,14-18H2,1-4H3/t22-,31+/m0/s1. The van der Waals surface area contributed by atoms with Crippen molar-refractivity contribution in [1.29, 1.82) is 0 Å². The van der Waals surface area contributed by atoms with E-state index in [4.69, 9.17) is 14.2 Å². The monoisotopic (exact) mass is 555 g/mol. The Morgan fingerprint density at radius 2 is 1.83 bits per heavy atom. The van der Waals surface area contributed by atoms with Gasteiger partial charge in [-0.25, -0.2) is 0 Å². The second kappa shape index (κ2) is 12.1. The van der Waals surface area contributed by atoms with Crippen LogP contribution in [0.1, 0.15) is 55.5 Å². The van der Waals surface area contributed by atoms with Crippen LogP contribution in [-0.2, 0) is 22.4 Å². The van der Waals surface area contributed by atoms with Crippen LogP contribution in [0.3, 0.4) is 0 Å². The fourth-order valence-electron chi connectivity index (χ4n) is 5.45. The molecule has 0 spiro atoms. The van der Waals surface area contributed by atoms with Crippen LogP contribution in [-0.4, -0.2) is 48.1 Å².